The molecule has 2 heterocycles. The Labute approximate surface area is 173 Å². The lowest BCUT2D eigenvalue weighted by Crippen LogP contribution is -2.62. The molecule has 0 aromatic carbocycles. The lowest BCUT2D eigenvalue weighted by molar-refractivity contribution is -0.166. The first-order valence-corrected chi connectivity index (χ1v) is 11.9. The largest absolute Gasteiger partial charge is 0.458 e. The van der Waals surface area contributed by atoms with Crippen molar-refractivity contribution in [3.63, 3.8) is 0 Å². The van der Waals surface area contributed by atoms with Crippen LogP contribution in [0.3, 0.4) is 0 Å². The second kappa shape index (κ2) is 5.55. The standard InChI is InChI=1S/C25H34O4/c1-4-5-15-12-16-13-17(26)6-9-22(16,2)25-19(28-25)14-23(3)18(21(15)25)7-10-24(23)11-8-20(27)29-24/h13,15,18-19,21H,4-12,14H2,1-3H3/t15-,18?,19+,21?,22+,23+,24-,25-/m1/s1. The SMILES string of the molecule is CCC[C@@H]1CC2=CC(=O)CC[C@]2(C)[C@@]23O[C@H]2C[C@@]2(C)C(CC[C@@]24CCC(=O)O4)C13. The van der Waals surface area contributed by atoms with Gasteiger partial charge in [0.2, 0.25) is 0 Å². The highest BCUT2D eigenvalue weighted by Crippen LogP contribution is 2.78. The molecule has 0 bridgehead atoms. The summed E-state index contributed by atoms with van der Waals surface area (Å²) in [4.78, 5) is 24.4. The van der Waals surface area contributed by atoms with Gasteiger partial charge in [-0.25, -0.2) is 0 Å². The minimum Gasteiger partial charge on any atom is -0.458 e. The van der Waals surface area contributed by atoms with Crippen molar-refractivity contribution in [1.82, 2.24) is 0 Å². The third-order valence-corrected chi connectivity index (χ3v) is 10.5. The van der Waals surface area contributed by atoms with Gasteiger partial charge in [-0.05, 0) is 62.4 Å². The first-order valence-electron chi connectivity index (χ1n) is 11.9. The monoisotopic (exact) mass is 398 g/mol. The summed E-state index contributed by atoms with van der Waals surface area (Å²) in [5.41, 5.74) is 1.06. The van der Waals surface area contributed by atoms with Crippen LogP contribution in [0, 0.1) is 28.6 Å². The van der Waals surface area contributed by atoms with Crippen LogP contribution in [0.4, 0.5) is 0 Å². The summed E-state index contributed by atoms with van der Waals surface area (Å²) >= 11 is 0. The number of fused-ring (bicyclic) bond motifs is 4. The maximum absolute atomic E-state index is 12.3. The predicted molar refractivity (Wildman–Crippen MR) is 108 cm³/mol. The molecule has 2 spiro atoms. The molecule has 4 aliphatic carbocycles. The highest BCUT2D eigenvalue weighted by molar-refractivity contribution is 5.92. The molecule has 29 heavy (non-hydrogen) atoms. The summed E-state index contributed by atoms with van der Waals surface area (Å²) in [5, 5.41) is 0. The fourth-order valence-corrected chi connectivity index (χ4v) is 9.10. The molecule has 6 aliphatic rings. The molecule has 0 aromatic rings. The van der Waals surface area contributed by atoms with Crippen molar-refractivity contribution < 1.29 is 19.1 Å². The van der Waals surface area contributed by atoms with Crippen LogP contribution in [0.25, 0.3) is 0 Å². The first kappa shape index (κ1) is 18.6. The van der Waals surface area contributed by atoms with Crippen LogP contribution in [0.1, 0.15) is 85.0 Å². The molecular formula is C25H34O4. The molecule has 3 saturated carbocycles. The van der Waals surface area contributed by atoms with E-state index < -0.39 is 0 Å². The second-order valence-electron chi connectivity index (χ2n) is 11.4. The molecule has 2 aliphatic heterocycles. The van der Waals surface area contributed by atoms with E-state index in [0.29, 0.717) is 36.4 Å². The zero-order valence-electron chi connectivity index (χ0n) is 18.1. The van der Waals surface area contributed by atoms with Crippen LogP contribution in [-0.2, 0) is 19.1 Å². The van der Waals surface area contributed by atoms with Gasteiger partial charge in [0.1, 0.15) is 11.2 Å². The molecule has 0 amide bonds. The maximum atomic E-state index is 12.3. The summed E-state index contributed by atoms with van der Waals surface area (Å²) in [5.74, 6) is 1.96. The summed E-state index contributed by atoms with van der Waals surface area (Å²) in [7, 11) is 0. The highest BCUT2D eigenvalue weighted by Gasteiger charge is 2.82. The minimum atomic E-state index is -0.261. The molecule has 8 atom stereocenters. The fraction of sp³-hybridized carbons (Fsp3) is 0.840. The van der Waals surface area contributed by atoms with Crippen LogP contribution >= 0.6 is 0 Å². The molecule has 5 fully saturated rings. The number of hydrogen-bond donors (Lipinski definition) is 0. The lowest BCUT2D eigenvalue weighted by atomic mass is 9.43. The Morgan fingerprint density at radius 1 is 1.14 bits per heavy atom. The van der Waals surface area contributed by atoms with Crippen molar-refractivity contribution in [1.29, 1.82) is 0 Å². The van der Waals surface area contributed by atoms with E-state index in [0.717, 1.165) is 38.5 Å². The molecular weight excluding hydrogens is 364 g/mol. The number of ketones is 1. The highest BCUT2D eigenvalue weighted by atomic mass is 16.6. The van der Waals surface area contributed by atoms with Crippen molar-refractivity contribution in [2.75, 3.05) is 0 Å². The number of carbonyl (C=O) groups excluding carboxylic acids is 2. The van der Waals surface area contributed by atoms with Crippen LogP contribution in [0.15, 0.2) is 11.6 Å². The molecule has 2 unspecified atom stereocenters. The fourth-order valence-electron chi connectivity index (χ4n) is 9.10. The van der Waals surface area contributed by atoms with Gasteiger partial charge >= 0.3 is 5.97 Å². The summed E-state index contributed by atoms with van der Waals surface area (Å²) in [6, 6.07) is 0. The molecule has 4 nitrogen and oxygen atoms in total. The third-order valence-electron chi connectivity index (χ3n) is 10.5. The van der Waals surface area contributed by atoms with Crippen molar-refractivity contribution in [3.05, 3.63) is 11.6 Å². The summed E-state index contributed by atoms with van der Waals surface area (Å²) in [6.07, 6.45) is 11.9. The summed E-state index contributed by atoms with van der Waals surface area (Å²) < 4.78 is 12.9. The van der Waals surface area contributed by atoms with E-state index in [9.17, 15) is 9.59 Å². The Hall–Kier alpha value is -1.16. The van der Waals surface area contributed by atoms with Gasteiger partial charge in [-0.3, -0.25) is 9.59 Å². The van der Waals surface area contributed by atoms with E-state index >= 15 is 0 Å². The molecule has 0 aromatic heterocycles. The zero-order valence-corrected chi connectivity index (χ0v) is 18.1. The van der Waals surface area contributed by atoms with Gasteiger partial charge in [-0.1, -0.05) is 39.2 Å². The van der Waals surface area contributed by atoms with Gasteiger partial charge in [-0.15, -0.1) is 0 Å². The third kappa shape index (κ3) is 2.01. The van der Waals surface area contributed by atoms with Crippen LogP contribution < -0.4 is 0 Å². The minimum absolute atomic E-state index is 0.00264. The maximum Gasteiger partial charge on any atom is 0.306 e. The van der Waals surface area contributed by atoms with Crippen LogP contribution in [0.5, 0.6) is 0 Å². The number of hydrogen-bond acceptors (Lipinski definition) is 4. The topological polar surface area (TPSA) is 55.9 Å². The van der Waals surface area contributed by atoms with Crippen molar-refractivity contribution in [2.45, 2.75) is 102 Å². The van der Waals surface area contributed by atoms with Gasteiger partial charge in [0.05, 0.1) is 6.10 Å². The van der Waals surface area contributed by atoms with Gasteiger partial charge in [-0.2, -0.15) is 0 Å². The Bertz CT molecular complexity index is 831. The van der Waals surface area contributed by atoms with Crippen molar-refractivity contribution in [2.24, 2.45) is 28.6 Å². The molecule has 0 N–H and O–H groups in total. The molecule has 6 rings (SSSR count). The number of ether oxygens (including phenoxy) is 2. The number of carbonyl (C=O) groups is 2. The smallest absolute Gasteiger partial charge is 0.306 e. The van der Waals surface area contributed by atoms with Gasteiger partial charge in [0.15, 0.2) is 5.78 Å². The predicted octanol–water partition coefficient (Wildman–Crippen LogP) is 4.75. The van der Waals surface area contributed by atoms with Crippen LogP contribution in [-0.4, -0.2) is 29.1 Å². The number of epoxide rings is 1. The van der Waals surface area contributed by atoms with Gasteiger partial charge in [0.25, 0.3) is 0 Å². The Morgan fingerprint density at radius 2 is 1.97 bits per heavy atom. The average Bonchev–Trinajstić information content (AvgIpc) is 3.16. The Kier molecular flexibility index (Phi) is 3.56. The van der Waals surface area contributed by atoms with Gasteiger partial charge < -0.3 is 9.47 Å². The molecule has 4 heteroatoms. The van der Waals surface area contributed by atoms with E-state index in [1.807, 2.05) is 6.08 Å². The van der Waals surface area contributed by atoms with Crippen molar-refractivity contribution in [3.8, 4) is 0 Å². The zero-order chi connectivity index (χ0) is 20.2. The lowest BCUT2D eigenvalue weighted by Gasteiger charge is -2.59. The van der Waals surface area contributed by atoms with Crippen LogP contribution in [0.2, 0.25) is 0 Å². The van der Waals surface area contributed by atoms with E-state index in [1.165, 1.54) is 18.4 Å². The van der Waals surface area contributed by atoms with Crippen molar-refractivity contribution >= 4 is 11.8 Å². The quantitative estimate of drug-likeness (QED) is 0.497. The molecule has 0 radical (unpaired) electrons. The van der Waals surface area contributed by atoms with E-state index in [2.05, 4.69) is 20.8 Å². The number of esters is 1. The number of rotatable bonds is 2. The Morgan fingerprint density at radius 3 is 2.69 bits per heavy atom. The Balaban J connectivity index is 1.46. The second-order valence-corrected chi connectivity index (χ2v) is 11.4. The molecule has 2 saturated heterocycles. The molecule has 158 valence electrons. The normalized spacial score (nSPS) is 54.9. The summed E-state index contributed by atoms with van der Waals surface area (Å²) in [6.45, 7) is 7.09. The first-order chi connectivity index (χ1) is 13.8. The van der Waals surface area contributed by atoms with E-state index in [4.69, 9.17) is 9.47 Å². The average molecular weight is 399 g/mol. The van der Waals surface area contributed by atoms with Gasteiger partial charge in [0, 0.05) is 23.7 Å². The van der Waals surface area contributed by atoms with E-state index in [-0.39, 0.29) is 34.1 Å². The van der Waals surface area contributed by atoms with E-state index in [1.54, 1.807) is 0 Å².